The van der Waals surface area contributed by atoms with Gasteiger partial charge in [0.05, 0.1) is 0 Å². The van der Waals surface area contributed by atoms with E-state index in [1.165, 1.54) is 0 Å². The van der Waals surface area contributed by atoms with Crippen molar-refractivity contribution in [3.05, 3.63) is 0 Å². The summed E-state index contributed by atoms with van der Waals surface area (Å²) in [5.74, 6) is -3.09. The van der Waals surface area contributed by atoms with E-state index in [0.29, 0.717) is 19.4 Å². The lowest BCUT2D eigenvalue weighted by molar-refractivity contribution is -0.139. The number of unbranched alkanes of at least 4 members (excludes halogenated alkanes) is 1. The normalized spacial score (nSPS) is 14.1. The molecule has 0 amide bonds. The summed E-state index contributed by atoms with van der Waals surface area (Å²) in [7, 11) is 0. The molecule has 0 aromatic rings. The standard InChI is InChI=1S/C7H14N2O4.C6H14N2O2/c8-4(6(10)11)2-1-3-5(9)7(12)13;7-4-2-1-3-5(8)6(9)10/h4-5H,1-3,8-9H2,(H,10,11)(H,12,13);5H,1-4,7-8H2,(H,9,10)/t4-,5+;5-/m.0/s1. The molecule has 0 aliphatic rings. The lowest BCUT2D eigenvalue weighted by Gasteiger charge is -2.07. The first-order valence-corrected chi connectivity index (χ1v) is 7.28. The Morgan fingerprint density at radius 3 is 1.22 bits per heavy atom. The third-order valence-electron chi connectivity index (χ3n) is 2.95. The topological polar surface area (TPSA) is 216 Å². The van der Waals surface area contributed by atoms with Gasteiger partial charge in [0.1, 0.15) is 18.1 Å². The third kappa shape index (κ3) is 14.9. The van der Waals surface area contributed by atoms with E-state index in [9.17, 15) is 14.4 Å². The number of carboxylic acid groups (broad SMARTS) is 3. The molecule has 0 saturated carbocycles. The van der Waals surface area contributed by atoms with Crippen LogP contribution < -0.4 is 22.9 Å². The molecule has 10 nitrogen and oxygen atoms in total. The Balaban J connectivity index is 0. The molecule has 0 aromatic carbocycles. The van der Waals surface area contributed by atoms with Gasteiger partial charge in [-0.25, -0.2) is 0 Å². The van der Waals surface area contributed by atoms with Gasteiger partial charge in [0, 0.05) is 0 Å². The second kappa shape index (κ2) is 13.9. The monoisotopic (exact) mass is 336 g/mol. The molecular formula is C13H28N4O6. The van der Waals surface area contributed by atoms with Crippen LogP contribution in [-0.2, 0) is 14.4 Å². The molecule has 0 spiro atoms. The van der Waals surface area contributed by atoms with Crippen molar-refractivity contribution in [2.75, 3.05) is 6.54 Å². The van der Waals surface area contributed by atoms with E-state index >= 15 is 0 Å². The van der Waals surface area contributed by atoms with Gasteiger partial charge in [-0.2, -0.15) is 0 Å². The highest BCUT2D eigenvalue weighted by Gasteiger charge is 2.14. The molecule has 0 fully saturated rings. The first-order valence-electron chi connectivity index (χ1n) is 7.28. The maximum Gasteiger partial charge on any atom is 0.320 e. The van der Waals surface area contributed by atoms with Crippen LogP contribution in [0, 0.1) is 0 Å². The molecule has 0 aliphatic carbocycles. The van der Waals surface area contributed by atoms with Crippen LogP contribution in [0.5, 0.6) is 0 Å². The van der Waals surface area contributed by atoms with Gasteiger partial charge in [0.25, 0.3) is 0 Å². The second-order valence-electron chi connectivity index (χ2n) is 5.05. The molecule has 0 bridgehead atoms. The zero-order valence-corrected chi connectivity index (χ0v) is 13.1. The van der Waals surface area contributed by atoms with E-state index in [1.54, 1.807) is 0 Å². The summed E-state index contributed by atoms with van der Waals surface area (Å²) in [5, 5.41) is 25.1. The summed E-state index contributed by atoms with van der Waals surface area (Å²) in [6.45, 7) is 0.604. The van der Waals surface area contributed by atoms with Gasteiger partial charge in [0.15, 0.2) is 0 Å². The molecule has 3 atom stereocenters. The summed E-state index contributed by atoms with van der Waals surface area (Å²) in [6, 6.07) is -2.58. The summed E-state index contributed by atoms with van der Waals surface area (Å²) in [6.07, 6.45) is 3.06. The van der Waals surface area contributed by atoms with E-state index in [4.69, 9.17) is 38.3 Å². The smallest absolute Gasteiger partial charge is 0.320 e. The average Bonchev–Trinajstić information content (AvgIpc) is 2.47. The van der Waals surface area contributed by atoms with E-state index in [1.807, 2.05) is 0 Å². The number of hydrogen-bond donors (Lipinski definition) is 7. The Hall–Kier alpha value is -1.75. The van der Waals surface area contributed by atoms with Crippen LogP contribution in [0.1, 0.15) is 38.5 Å². The van der Waals surface area contributed by atoms with Crippen LogP contribution in [0.2, 0.25) is 0 Å². The second-order valence-corrected chi connectivity index (χ2v) is 5.05. The Labute approximate surface area is 134 Å². The van der Waals surface area contributed by atoms with Crippen molar-refractivity contribution in [3.63, 3.8) is 0 Å². The lowest BCUT2D eigenvalue weighted by atomic mass is 10.1. The summed E-state index contributed by atoms with van der Waals surface area (Å²) >= 11 is 0. The first-order chi connectivity index (χ1) is 10.6. The zero-order valence-electron chi connectivity index (χ0n) is 13.1. The molecule has 0 aromatic heterocycles. The SMILES string of the molecule is NCCCC[C@H](N)C(=O)O.N[C@H](CCC[C@H](N)C(=O)O)C(=O)O. The Morgan fingerprint density at radius 2 is 0.957 bits per heavy atom. The van der Waals surface area contributed by atoms with Crippen LogP contribution >= 0.6 is 0 Å². The molecule has 0 radical (unpaired) electrons. The van der Waals surface area contributed by atoms with Crippen LogP contribution in [0.4, 0.5) is 0 Å². The van der Waals surface area contributed by atoms with Crippen molar-refractivity contribution in [1.82, 2.24) is 0 Å². The highest BCUT2D eigenvalue weighted by molar-refractivity contribution is 5.73. The first kappa shape index (κ1) is 23.5. The fourth-order valence-corrected chi connectivity index (χ4v) is 1.44. The van der Waals surface area contributed by atoms with Crippen molar-refractivity contribution in [2.24, 2.45) is 22.9 Å². The van der Waals surface area contributed by atoms with Gasteiger partial charge in [-0.3, -0.25) is 14.4 Å². The average molecular weight is 336 g/mol. The maximum atomic E-state index is 10.2. The number of carbonyl (C=O) groups is 3. The van der Waals surface area contributed by atoms with Crippen molar-refractivity contribution >= 4 is 17.9 Å². The summed E-state index contributed by atoms with van der Waals surface area (Å²) < 4.78 is 0. The number of hydrogen-bond acceptors (Lipinski definition) is 7. The van der Waals surface area contributed by atoms with Crippen LogP contribution in [0.25, 0.3) is 0 Å². The van der Waals surface area contributed by atoms with Gasteiger partial charge < -0.3 is 38.3 Å². The van der Waals surface area contributed by atoms with Crippen molar-refractivity contribution in [2.45, 2.75) is 56.7 Å². The Morgan fingerprint density at radius 1 is 0.652 bits per heavy atom. The van der Waals surface area contributed by atoms with Crippen LogP contribution in [0.3, 0.4) is 0 Å². The summed E-state index contributed by atoms with van der Waals surface area (Å²) in [5.41, 5.74) is 20.8. The van der Waals surface area contributed by atoms with Gasteiger partial charge in [-0.1, -0.05) is 6.42 Å². The van der Waals surface area contributed by atoms with Crippen molar-refractivity contribution in [1.29, 1.82) is 0 Å². The van der Waals surface area contributed by atoms with E-state index in [2.05, 4.69) is 0 Å². The predicted molar refractivity (Wildman–Crippen MR) is 83.6 cm³/mol. The highest BCUT2D eigenvalue weighted by Crippen LogP contribution is 2.02. The van der Waals surface area contributed by atoms with Gasteiger partial charge >= 0.3 is 17.9 Å². The largest absolute Gasteiger partial charge is 0.480 e. The Bertz CT molecular complexity index is 346. The van der Waals surface area contributed by atoms with E-state index in [0.717, 1.165) is 12.8 Å². The van der Waals surface area contributed by atoms with Crippen molar-refractivity contribution in [3.8, 4) is 0 Å². The van der Waals surface area contributed by atoms with Crippen LogP contribution in [-0.4, -0.2) is 57.9 Å². The Kier molecular flexibility index (Phi) is 14.2. The minimum atomic E-state index is -1.08. The zero-order chi connectivity index (χ0) is 18.4. The van der Waals surface area contributed by atoms with Crippen LogP contribution in [0.15, 0.2) is 0 Å². The molecule has 0 aliphatic heterocycles. The van der Waals surface area contributed by atoms with E-state index in [-0.39, 0.29) is 12.8 Å². The minimum Gasteiger partial charge on any atom is -0.480 e. The number of aliphatic carboxylic acids is 3. The molecule has 0 saturated heterocycles. The fraction of sp³-hybridized carbons (Fsp3) is 0.769. The third-order valence-corrected chi connectivity index (χ3v) is 2.95. The van der Waals surface area contributed by atoms with Gasteiger partial charge in [0.2, 0.25) is 0 Å². The van der Waals surface area contributed by atoms with Gasteiger partial charge in [-0.05, 0) is 38.6 Å². The molecule has 10 heteroatoms. The lowest BCUT2D eigenvalue weighted by Crippen LogP contribution is -2.33. The van der Waals surface area contributed by atoms with Gasteiger partial charge in [-0.15, -0.1) is 0 Å². The predicted octanol–water partition coefficient (Wildman–Crippen LogP) is -1.49. The minimum absolute atomic E-state index is 0.246. The molecule has 0 rings (SSSR count). The molecule has 0 heterocycles. The molecule has 11 N–H and O–H groups in total. The number of carboxylic acids is 3. The molecular weight excluding hydrogens is 308 g/mol. The van der Waals surface area contributed by atoms with E-state index < -0.39 is 36.0 Å². The summed E-state index contributed by atoms with van der Waals surface area (Å²) in [4.78, 5) is 30.6. The number of nitrogens with two attached hydrogens (primary N) is 4. The highest BCUT2D eigenvalue weighted by atomic mass is 16.4. The van der Waals surface area contributed by atoms with Crippen molar-refractivity contribution < 1.29 is 29.7 Å². The number of rotatable bonds is 11. The fourth-order valence-electron chi connectivity index (χ4n) is 1.44. The molecule has 136 valence electrons. The quantitative estimate of drug-likeness (QED) is 0.217. The molecule has 0 unspecified atom stereocenters. The maximum absolute atomic E-state index is 10.2. The molecule has 23 heavy (non-hydrogen) atoms.